The SMILES string of the molecule is C=Cc1cc(OCC(=O)c2ccc(S(=O)(=O)[O-])cc2)cc(OCC(=O)c2ccc(S(=O)(=O)[O-])cc2)c1. The van der Waals surface area contributed by atoms with E-state index in [0.29, 0.717) is 5.56 Å². The van der Waals surface area contributed by atoms with E-state index in [1.54, 1.807) is 12.1 Å². The van der Waals surface area contributed by atoms with Crippen molar-refractivity contribution in [3.05, 3.63) is 90.0 Å². The average molecular weight is 531 g/mol. The third-order valence-corrected chi connectivity index (χ3v) is 6.51. The summed E-state index contributed by atoms with van der Waals surface area (Å²) in [6.45, 7) is 2.85. The molecule has 12 heteroatoms. The molecule has 3 aromatic rings. The van der Waals surface area contributed by atoms with Gasteiger partial charge in [0.1, 0.15) is 31.7 Å². The number of Topliss-reactive ketones (excluding diaryl/α,β-unsaturated/α-hetero) is 2. The van der Waals surface area contributed by atoms with Crippen LogP contribution in [0, 0.1) is 0 Å². The van der Waals surface area contributed by atoms with Gasteiger partial charge in [-0.25, -0.2) is 16.8 Å². The van der Waals surface area contributed by atoms with Crippen molar-refractivity contribution in [1.82, 2.24) is 0 Å². The quantitative estimate of drug-likeness (QED) is 0.265. The maximum atomic E-state index is 12.4. The first kappa shape index (κ1) is 26.8. The minimum Gasteiger partial charge on any atom is -0.744 e. The van der Waals surface area contributed by atoms with Gasteiger partial charge in [-0.2, -0.15) is 0 Å². The van der Waals surface area contributed by atoms with Crippen LogP contribution >= 0.6 is 0 Å². The van der Waals surface area contributed by atoms with E-state index in [1.165, 1.54) is 36.4 Å². The van der Waals surface area contributed by atoms with Crippen molar-refractivity contribution in [2.24, 2.45) is 0 Å². The molecule has 0 atom stereocenters. The number of ether oxygens (including phenoxy) is 2. The lowest BCUT2D eigenvalue weighted by Gasteiger charge is -2.12. The van der Waals surface area contributed by atoms with Crippen LogP contribution in [0.4, 0.5) is 0 Å². The number of hydrogen-bond acceptors (Lipinski definition) is 10. The third-order valence-electron chi connectivity index (χ3n) is 4.81. The Kier molecular flexibility index (Phi) is 8.05. The van der Waals surface area contributed by atoms with Crippen molar-refractivity contribution in [2.75, 3.05) is 13.2 Å². The Labute approximate surface area is 207 Å². The summed E-state index contributed by atoms with van der Waals surface area (Å²) < 4.78 is 77.0. The van der Waals surface area contributed by atoms with Crippen LogP contribution in [0.25, 0.3) is 6.08 Å². The highest BCUT2D eigenvalue weighted by atomic mass is 32.2. The molecular formula is C24H18O10S2-2. The van der Waals surface area contributed by atoms with Gasteiger partial charge in [0.25, 0.3) is 0 Å². The number of hydrogen-bond donors (Lipinski definition) is 0. The summed E-state index contributed by atoms with van der Waals surface area (Å²) in [6.07, 6.45) is 1.49. The van der Waals surface area contributed by atoms with Gasteiger partial charge in [-0.15, -0.1) is 0 Å². The fourth-order valence-corrected chi connectivity index (χ4v) is 3.90. The Bertz CT molecular complexity index is 1400. The molecule has 0 saturated heterocycles. The van der Waals surface area contributed by atoms with E-state index in [4.69, 9.17) is 9.47 Å². The summed E-state index contributed by atoms with van der Waals surface area (Å²) in [5.41, 5.74) is 0.845. The predicted octanol–water partition coefficient (Wildman–Crippen LogP) is 2.66. The molecule has 0 spiro atoms. The summed E-state index contributed by atoms with van der Waals surface area (Å²) >= 11 is 0. The van der Waals surface area contributed by atoms with Crippen molar-refractivity contribution >= 4 is 37.9 Å². The second-order valence-corrected chi connectivity index (χ2v) is 10.1. The van der Waals surface area contributed by atoms with Crippen LogP contribution in [-0.2, 0) is 20.2 Å². The van der Waals surface area contributed by atoms with Crippen molar-refractivity contribution < 1.29 is 45.0 Å². The highest BCUT2D eigenvalue weighted by Crippen LogP contribution is 2.24. The molecule has 0 N–H and O–H groups in total. The molecule has 0 unspecified atom stereocenters. The standard InChI is InChI=1S/C24H20O10S2/c1-2-16-11-19(33-14-23(25)17-3-7-21(8-4-17)35(27,28)29)13-20(12-16)34-15-24(26)18-5-9-22(10-6-18)36(30,31)32/h2-13H,1,14-15H2,(H,27,28,29)(H,30,31,32)/p-2. The van der Waals surface area contributed by atoms with Gasteiger partial charge < -0.3 is 18.6 Å². The molecule has 3 aromatic carbocycles. The Balaban J connectivity index is 1.65. The number of benzene rings is 3. The first-order chi connectivity index (χ1) is 16.9. The maximum Gasteiger partial charge on any atom is 0.200 e. The van der Waals surface area contributed by atoms with Crippen molar-refractivity contribution in [3.63, 3.8) is 0 Å². The second-order valence-electron chi connectivity index (χ2n) is 7.32. The lowest BCUT2D eigenvalue weighted by Crippen LogP contribution is -2.13. The second kappa shape index (κ2) is 10.8. The van der Waals surface area contributed by atoms with E-state index in [0.717, 1.165) is 24.3 Å². The highest BCUT2D eigenvalue weighted by Gasteiger charge is 2.12. The molecule has 0 aliphatic heterocycles. The Morgan fingerprint density at radius 1 is 0.694 bits per heavy atom. The van der Waals surface area contributed by atoms with E-state index >= 15 is 0 Å². The third kappa shape index (κ3) is 7.09. The van der Waals surface area contributed by atoms with Crippen LogP contribution in [0.5, 0.6) is 11.5 Å². The van der Waals surface area contributed by atoms with Crippen molar-refractivity contribution in [3.8, 4) is 11.5 Å². The Morgan fingerprint density at radius 3 is 1.36 bits per heavy atom. The summed E-state index contributed by atoms with van der Waals surface area (Å²) in [6, 6.07) is 13.5. The minimum atomic E-state index is -4.63. The van der Waals surface area contributed by atoms with E-state index < -0.39 is 54.8 Å². The number of rotatable bonds is 11. The zero-order valence-electron chi connectivity index (χ0n) is 18.4. The molecule has 0 aromatic heterocycles. The molecule has 0 fully saturated rings. The summed E-state index contributed by atoms with van der Waals surface area (Å²) in [5.74, 6) is -0.496. The van der Waals surface area contributed by atoms with E-state index in [-0.39, 0.29) is 22.6 Å². The molecule has 0 aliphatic rings. The monoisotopic (exact) mass is 530 g/mol. The van der Waals surface area contributed by atoms with Crippen LogP contribution in [0.2, 0.25) is 0 Å². The summed E-state index contributed by atoms with van der Waals surface area (Å²) in [7, 11) is -9.25. The number of ketones is 2. The van der Waals surface area contributed by atoms with Gasteiger partial charge in [0.15, 0.2) is 24.8 Å². The Hall–Kier alpha value is -3.84. The van der Waals surface area contributed by atoms with Crippen LogP contribution in [-0.4, -0.2) is 50.7 Å². The van der Waals surface area contributed by atoms with Gasteiger partial charge in [-0.1, -0.05) is 36.9 Å². The molecule has 0 aliphatic carbocycles. The Morgan fingerprint density at radius 2 is 1.06 bits per heavy atom. The predicted molar refractivity (Wildman–Crippen MR) is 125 cm³/mol. The van der Waals surface area contributed by atoms with Crippen molar-refractivity contribution in [2.45, 2.75) is 9.79 Å². The van der Waals surface area contributed by atoms with Gasteiger partial charge in [0.05, 0.1) is 9.79 Å². The molecule has 36 heavy (non-hydrogen) atoms. The van der Waals surface area contributed by atoms with Crippen LogP contribution < -0.4 is 9.47 Å². The molecule has 0 radical (unpaired) electrons. The molecule has 0 heterocycles. The van der Waals surface area contributed by atoms with E-state index in [9.17, 15) is 35.5 Å². The zero-order chi connectivity index (χ0) is 26.5. The van der Waals surface area contributed by atoms with Gasteiger partial charge in [-0.3, -0.25) is 9.59 Å². The van der Waals surface area contributed by atoms with Gasteiger partial charge in [0, 0.05) is 17.2 Å². The summed E-state index contributed by atoms with van der Waals surface area (Å²) in [5, 5.41) is 0. The van der Waals surface area contributed by atoms with Crippen molar-refractivity contribution in [1.29, 1.82) is 0 Å². The first-order valence-electron chi connectivity index (χ1n) is 10.1. The normalized spacial score (nSPS) is 11.5. The fraction of sp³-hybridized carbons (Fsp3) is 0.0833. The van der Waals surface area contributed by atoms with Crippen LogP contribution in [0.15, 0.2) is 83.1 Å². The molecular weight excluding hydrogens is 512 g/mol. The minimum absolute atomic E-state index is 0.139. The lowest BCUT2D eigenvalue weighted by atomic mass is 10.1. The molecule has 0 bridgehead atoms. The molecule has 10 nitrogen and oxygen atoms in total. The zero-order valence-corrected chi connectivity index (χ0v) is 20.1. The molecule has 0 saturated carbocycles. The van der Waals surface area contributed by atoms with Gasteiger partial charge in [0.2, 0.25) is 0 Å². The van der Waals surface area contributed by atoms with Gasteiger partial charge >= 0.3 is 0 Å². The topological polar surface area (TPSA) is 167 Å². The smallest absolute Gasteiger partial charge is 0.200 e. The molecule has 188 valence electrons. The van der Waals surface area contributed by atoms with Crippen LogP contribution in [0.3, 0.4) is 0 Å². The largest absolute Gasteiger partial charge is 0.744 e. The first-order valence-corrected chi connectivity index (χ1v) is 12.9. The number of carbonyl (C=O) groups is 2. The van der Waals surface area contributed by atoms with Gasteiger partial charge in [-0.05, 0) is 42.0 Å². The maximum absolute atomic E-state index is 12.4. The fourth-order valence-electron chi connectivity index (χ4n) is 2.96. The van der Waals surface area contributed by atoms with Crippen LogP contribution in [0.1, 0.15) is 26.3 Å². The molecule has 0 amide bonds. The number of carbonyl (C=O) groups excluding carboxylic acids is 2. The lowest BCUT2D eigenvalue weighted by molar-refractivity contribution is 0.0919. The van der Waals surface area contributed by atoms with E-state index in [2.05, 4.69) is 6.58 Å². The van der Waals surface area contributed by atoms with E-state index in [1.807, 2.05) is 0 Å². The average Bonchev–Trinajstić information content (AvgIpc) is 2.84. The molecule has 3 rings (SSSR count). The summed E-state index contributed by atoms with van der Waals surface area (Å²) in [4.78, 5) is 23.8. The highest BCUT2D eigenvalue weighted by molar-refractivity contribution is 7.86.